The van der Waals surface area contributed by atoms with Gasteiger partial charge in [-0.1, -0.05) is 50.6 Å². The maximum Gasteiger partial charge on any atom is 0.328 e. The smallest absolute Gasteiger partial charge is 0.328 e. The largest absolute Gasteiger partial charge is 0.492 e. The topological polar surface area (TPSA) is 55.8 Å². The molecule has 1 aromatic rings. The van der Waals surface area contributed by atoms with E-state index >= 15 is 0 Å². The standard InChI is InChI=1S/C26H33ClO4/c1-8-18(12-10-11-17(5)13-22(28)29)19-14-20-21(16(3)4)15-26(6,7)31-25(20)23(27)24(19)30-9-2/h10-16H,8-9H2,1-7H3,(H,28,29). The number of rotatable bonds is 8. The highest BCUT2D eigenvalue weighted by Gasteiger charge is 2.32. The van der Waals surface area contributed by atoms with Gasteiger partial charge in [-0.3, -0.25) is 0 Å². The van der Waals surface area contributed by atoms with Crippen molar-refractivity contribution in [2.75, 3.05) is 6.61 Å². The molecule has 0 atom stereocenters. The summed E-state index contributed by atoms with van der Waals surface area (Å²) in [6.45, 7) is 14.6. The molecule has 0 aliphatic carbocycles. The van der Waals surface area contributed by atoms with Crippen LogP contribution in [0.25, 0.3) is 11.1 Å². The molecule has 0 amide bonds. The maximum atomic E-state index is 10.8. The number of benzene rings is 1. The Labute approximate surface area is 190 Å². The SMILES string of the molecule is CCOc1c(C(=CC=CC(C)=CC(=O)O)CC)cc2c(c1Cl)OC(C)(C)C=C2C(C)C. The van der Waals surface area contributed by atoms with Gasteiger partial charge in [-0.05, 0) is 68.9 Å². The zero-order valence-electron chi connectivity index (χ0n) is 19.5. The third-order valence-electron chi connectivity index (χ3n) is 5.00. The fourth-order valence-corrected chi connectivity index (χ4v) is 3.93. The van der Waals surface area contributed by atoms with Crippen molar-refractivity contribution in [3.63, 3.8) is 0 Å². The summed E-state index contributed by atoms with van der Waals surface area (Å²) in [5.41, 5.74) is 4.36. The summed E-state index contributed by atoms with van der Waals surface area (Å²) in [5, 5.41) is 9.37. The monoisotopic (exact) mass is 444 g/mol. The molecule has 0 spiro atoms. The lowest BCUT2D eigenvalue weighted by atomic mass is 9.85. The molecule has 1 heterocycles. The molecule has 5 heteroatoms. The number of carboxylic acid groups (broad SMARTS) is 1. The van der Waals surface area contributed by atoms with E-state index in [1.165, 1.54) is 11.6 Å². The van der Waals surface area contributed by atoms with Gasteiger partial charge in [-0.2, -0.15) is 0 Å². The van der Waals surface area contributed by atoms with Crippen molar-refractivity contribution in [1.82, 2.24) is 0 Å². The second kappa shape index (κ2) is 10.2. The molecule has 31 heavy (non-hydrogen) atoms. The Morgan fingerprint density at radius 3 is 2.55 bits per heavy atom. The lowest BCUT2D eigenvalue weighted by molar-refractivity contribution is -0.131. The highest BCUT2D eigenvalue weighted by Crippen LogP contribution is 2.50. The Morgan fingerprint density at radius 1 is 1.32 bits per heavy atom. The van der Waals surface area contributed by atoms with Crippen LogP contribution in [-0.2, 0) is 4.79 Å². The molecule has 0 fully saturated rings. The minimum absolute atomic E-state index is 0.307. The van der Waals surface area contributed by atoms with Crippen LogP contribution in [0, 0.1) is 5.92 Å². The van der Waals surface area contributed by atoms with Crippen LogP contribution in [0.2, 0.25) is 5.02 Å². The number of allylic oxidation sites excluding steroid dienone is 6. The minimum Gasteiger partial charge on any atom is -0.492 e. The molecule has 1 aromatic carbocycles. The van der Waals surface area contributed by atoms with Gasteiger partial charge in [0.15, 0.2) is 5.75 Å². The Bertz CT molecular complexity index is 962. The van der Waals surface area contributed by atoms with Crippen LogP contribution in [0.15, 0.2) is 42.0 Å². The summed E-state index contributed by atoms with van der Waals surface area (Å²) in [6.07, 6.45) is 9.71. The third-order valence-corrected chi connectivity index (χ3v) is 5.34. The molecule has 0 bridgehead atoms. The van der Waals surface area contributed by atoms with Gasteiger partial charge in [0, 0.05) is 17.2 Å². The predicted molar refractivity (Wildman–Crippen MR) is 129 cm³/mol. The summed E-state index contributed by atoms with van der Waals surface area (Å²) >= 11 is 6.85. The lowest BCUT2D eigenvalue weighted by Crippen LogP contribution is -2.30. The number of carboxylic acids is 1. The van der Waals surface area contributed by atoms with Gasteiger partial charge in [-0.15, -0.1) is 0 Å². The van der Waals surface area contributed by atoms with Crippen LogP contribution < -0.4 is 9.47 Å². The second-order valence-electron chi connectivity index (χ2n) is 8.47. The molecule has 0 unspecified atom stereocenters. The van der Waals surface area contributed by atoms with E-state index in [1.54, 1.807) is 13.0 Å². The summed E-state index contributed by atoms with van der Waals surface area (Å²) in [4.78, 5) is 10.8. The van der Waals surface area contributed by atoms with Crippen LogP contribution in [0.1, 0.15) is 66.0 Å². The van der Waals surface area contributed by atoms with Crippen LogP contribution in [0.5, 0.6) is 11.5 Å². The Hall–Kier alpha value is -2.46. The van der Waals surface area contributed by atoms with Crippen molar-refractivity contribution >= 4 is 28.7 Å². The zero-order valence-corrected chi connectivity index (χ0v) is 20.3. The molecule has 168 valence electrons. The molecule has 0 saturated carbocycles. The molecule has 0 radical (unpaired) electrons. The number of hydrogen-bond acceptors (Lipinski definition) is 3. The molecule has 0 aromatic heterocycles. The van der Waals surface area contributed by atoms with Gasteiger partial charge in [0.25, 0.3) is 0 Å². The van der Waals surface area contributed by atoms with Gasteiger partial charge >= 0.3 is 5.97 Å². The number of ether oxygens (including phenoxy) is 2. The van der Waals surface area contributed by atoms with Gasteiger partial charge in [0.05, 0.1) is 6.61 Å². The van der Waals surface area contributed by atoms with Crippen molar-refractivity contribution in [3.05, 3.63) is 58.2 Å². The molecule has 1 aliphatic rings. The average Bonchev–Trinajstić information content (AvgIpc) is 2.66. The van der Waals surface area contributed by atoms with E-state index in [4.69, 9.17) is 26.2 Å². The van der Waals surface area contributed by atoms with E-state index in [9.17, 15) is 4.79 Å². The molecule has 0 saturated heterocycles. The molecule has 2 rings (SSSR count). The highest BCUT2D eigenvalue weighted by atomic mass is 35.5. The lowest BCUT2D eigenvalue weighted by Gasteiger charge is -2.34. The summed E-state index contributed by atoms with van der Waals surface area (Å²) < 4.78 is 12.2. The Balaban J connectivity index is 2.68. The first-order chi connectivity index (χ1) is 14.5. The van der Waals surface area contributed by atoms with E-state index in [0.717, 1.165) is 23.1 Å². The van der Waals surface area contributed by atoms with Crippen LogP contribution in [-0.4, -0.2) is 23.3 Å². The van der Waals surface area contributed by atoms with Crippen LogP contribution >= 0.6 is 11.6 Å². The molecule has 4 nitrogen and oxygen atoms in total. The highest BCUT2D eigenvalue weighted by molar-refractivity contribution is 6.34. The minimum atomic E-state index is -0.960. The van der Waals surface area contributed by atoms with E-state index in [-0.39, 0.29) is 0 Å². The molecule has 1 aliphatic heterocycles. The van der Waals surface area contributed by atoms with Gasteiger partial charge in [-0.25, -0.2) is 4.79 Å². The fourth-order valence-electron chi connectivity index (χ4n) is 3.63. The van der Waals surface area contributed by atoms with Gasteiger partial charge in [0.2, 0.25) is 0 Å². The zero-order chi connectivity index (χ0) is 23.3. The maximum absolute atomic E-state index is 10.8. The average molecular weight is 445 g/mol. The predicted octanol–water partition coefficient (Wildman–Crippen LogP) is 7.33. The van der Waals surface area contributed by atoms with Crippen molar-refractivity contribution < 1.29 is 19.4 Å². The van der Waals surface area contributed by atoms with E-state index in [2.05, 4.69) is 32.9 Å². The first-order valence-corrected chi connectivity index (χ1v) is 11.1. The van der Waals surface area contributed by atoms with Gasteiger partial charge in [0.1, 0.15) is 16.4 Å². The number of fused-ring (bicyclic) bond motifs is 1. The Kier molecular flexibility index (Phi) is 8.19. The quantitative estimate of drug-likeness (QED) is 0.337. The number of hydrogen-bond donors (Lipinski definition) is 1. The number of aliphatic carboxylic acids is 1. The first-order valence-electron chi connectivity index (χ1n) is 10.7. The number of carbonyl (C=O) groups is 1. The van der Waals surface area contributed by atoms with Crippen molar-refractivity contribution in [2.45, 2.75) is 60.5 Å². The number of halogens is 1. The summed E-state index contributed by atoms with van der Waals surface area (Å²) in [5.74, 6) is 0.624. The third kappa shape index (κ3) is 6.04. The molecular formula is C26H33ClO4. The first kappa shape index (κ1) is 24.8. The summed E-state index contributed by atoms with van der Waals surface area (Å²) in [6, 6.07) is 2.11. The fraction of sp³-hybridized carbons (Fsp3) is 0.423. The van der Waals surface area contributed by atoms with Crippen LogP contribution in [0.3, 0.4) is 0 Å². The molecule has 1 N–H and O–H groups in total. The second-order valence-corrected chi connectivity index (χ2v) is 8.85. The van der Waals surface area contributed by atoms with E-state index < -0.39 is 11.6 Å². The summed E-state index contributed by atoms with van der Waals surface area (Å²) in [7, 11) is 0. The van der Waals surface area contributed by atoms with Crippen molar-refractivity contribution in [1.29, 1.82) is 0 Å². The normalized spacial score (nSPS) is 16.2. The Morgan fingerprint density at radius 2 is 2.00 bits per heavy atom. The van der Waals surface area contributed by atoms with Crippen molar-refractivity contribution in [2.24, 2.45) is 5.92 Å². The van der Waals surface area contributed by atoms with Crippen LogP contribution in [0.4, 0.5) is 0 Å². The van der Waals surface area contributed by atoms with E-state index in [1.807, 2.05) is 32.9 Å². The van der Waals surface area contributed by atoms with Gasteiger partial charge < -0.3 is 14.6 Å². The van der Waals surface area contributed by atoms with E-state index in [0.29, 0.717) is 34.6 Å². The molecular weight excluding hydrogens is 412 g/mol. The van der Waals surface area contributed by atoms with Crippen molar-refractivity contribution in [3.8, 4) is 11.5 Å².